The first kappa shape index (κ1) is 12.9. The van der Waals surface area contributed by atoms with Gasteiger partial charge >= 0.3 is 0 Å². The van der Waals surface area contributed by atoms with Crippen LogP contribution in [0.5, 0.6) is 0 Å². The van der Waals surface area contributed by atoms with E-state index < -0.39 is 0 Å². The van der Waals surface area contributed by atoms with E-state index in [1.54, 1.807) is 0 Å². The summed E-state index contributed by atoms with van der Waals surface area (Å²) in [6.07, 6.45) is 6.70. The van der Waals surface area contributed by atoms with Gasteiger partial charge in [0, 0.05) is 24.8 Å². The Morgan fingerprint density at radius 1 is 1.21 bits per heavy atom. The average Bonchev–Trinajstić information content (AvgIpc) is 2.46. The molecule has 1 saturated carbocycles. The van der Waals surface area contributed by atoms with Crippen molar-refractivity contribution in [3.05, 3.63) is 29.3 Å². The van der Waals surface area contributed by atoms with Crippen LogP contribution in [0, 0.1) is 0 Å². The van der Waals surface area contributed by atoms with E-state index in [1.165, 1.54) is 42.5 Å². The third-order valence-electron chi connectivity index (χ3n) is 4.45. The summed E-state index contributed by atoms with van der Waals surface area (Å²) < 4.78 is 0. The molecule has 1 aliphatic heterocycles. The molecule has 0 radical (unpaired) electrons. The van der Waals surface area contributed by atoms with Crippen LogP contribution in [0.2, 0.25) is 0 Å². The van der Waals surface area contributed by atoms with Gasteiger partial charge in [0.15, 0.2) is 0 Å². The minimum atomic E-state index is -0.166. The molecule has 1 aromatic carbocycles. The van der Waals surface area contributed by atoms with Crippen LogP contribution in [-0.2, 0) is 13.0 Å². The van der Waals surface area contributed by atoms with E-state index in [0.29, 0.717) is 0 Å². The molecular weight excluding hydrogens is 236 g/mol. The highest BCUT2D eigenvalue weighted by molar-refractivity contribution is 5.59. The van der Waals surface area contributed by atoms with Crippen LogP contribution in [0.25, 0.3) is 0 Å². The predicted octanol–water partition coefficient (Wildman–Crippen LogP) is 2.44. The van der Waals surface area contributed by atoms with Crippen LogP contribution < -0.4 is 10.6 Å². The fraction of sp³-hybridized carbons (Fsp3) is 0.625. The zero-order valence-electron chi connectivity index (χ0n) is 11.5. The monoisotopic (exact) mass is 260 g/mol. The van der Waals surface area contributed by atoms with Crippen LogP contribution in [0.1, 0.15) is 43.2 Å². The van der Waals surface area contributed by atoms with E-state index in [4.69, 9.17) is 0 Å². The summed E-state index contributed by atoms with van der Waals surface area (Å²) in [5.74, 6) is 0. The molecule has 0 bridgehead atoms. The SMILES string of the molecule is OC1CCCCC1NCc1cccc2c1NCCC2. The summed E-state index contributed by atoms with van der Waals surface area (Å²) in [7, 11) is 0. The van der Waals surface area contributed by atoms with Gasteiger partial charge in [-0.3, -0.25) is 0 Å². The zero-order chi connectivity index (χ0) is 13.1. The Labute approximate surface area is 115 Å². The Morgan fingerprint density at radius 3 is 3.00 bits per heavy atom. The van der Waals surface area contributed by atoms with E-state index in [1.807, 2.05) is 0 Å². The maximum atomic E-state index is 10.0. The second-order valence-corrected chi connectivity index (χ2v) is 5.82. The van der Waals surface area contributed by atoms with Crippen molar-refractivity contribution in [1.82, 2.24) is 5.32 Å². The van der Waals surface area contributed by atoms with Crippen molar-refractivity contribution in [3.8, 4) is 0 Å². The number of hydrogen-bond donors (Lipinski definition) is 3. The largest absolute Gasteiger partial charge is 0.392 e. The summed E-state index contributed by atoms with van der Waals surface area (Å²) in [6, 6.07) is 6.84. The Balaban J connectivity index is 1.66. The zero-order valence-corrected chi connectivity index (χ0v) is 11.5. The van der Waals surface area contributed by atoms with Crippen molar-refractivity contribution in [3.63, 3.8) is 0 Å². The molecule has 0 spiro atoms. The molecule has 1 heterocycles. The van der Waals surface area contributed by atoms with Gasteiger partial charge in [0.05, 0.1) is 6.10 Å². The van der Waals surface area contributed by atoms with E-state index in [0.717, 1.165) is 25.9 Å². The summed E-state index contributed by atoms with van der Waals surface area (Å²) in [6.45, 7) is 1.94. The maximum Gasteiger partial charge on any atom is 0.0693 e. The van der Waals surface area contributed by atoms with E-state index in [9.17, 15) is 5.11 Å². The van der Waals surface area contributed by atoms with Crippen molar-refractivity contribution in [1.29, 1.82) is 0 Å². The lowest BCUT2D eigenvalue weighted by Crippen LogP contribution is -2.41. The summed E-state index contributed by atoms with van der Waals surface area (Å²) in [5.41, 5.74) is 4.11. The first-order valence-electron chi connectivity index (χ1n) is 7.60. The van der Waals surface area contributed by atoms with Gasteiger partial charge in [-0.1, -0.05) is 31.0 Å². The first-order chi connectivity index (χ1) is 9.34. The Morgan fingerprint density at radius 2 is 2.11 bits per heavy atom. The highest BCUT2D eigenvalue weighted by atomic mass is 16.3. The fourth-order valence-electron chi connectivity index (χ4n) is 3.32. The number of benzene rings is 1. The fourth-order valence-corrected chi connectivity index (χ4v) is 3.32. The number of hydrogen-bond acceptors (Lipinski definition) is 3. The normalized spacial score (nSPS) is 26.6. The van der Waals surface area contributed by atoms with Gasteiger partial charge < -0.3 is 15.7 Å². The first-order valence-corrected chi connectivity index (χ1v) is 7.60. The molecular formula is C16H24N2O. The van der Waals surface area contributed by atoms with Gasteiger partial charge in [0.1, 0.15) is 0 Å². The lowest BCUT2D eigenvalue weighted by Gasteiger charge is -2.29. The highest BCUT2D eigenvalue weighted by Crippen LogP contribution is 2.26. The third-order valence-corrected chi connectivity index (χ3v) is 4.45. The van der Waals surface area contributed by atoms with Crippen LogP contribution in [0.4, 0.5) is 5.69 Å². The van der Waals surface area contributed by atoms with E-state index in [2.05, 4.69) is 28.8 Å². The predicted molar refractivity (Wildman–Crippen MR) is 78.4 cm³/mol. The lowest BCUT2D eigenvalue weighted by molar-refractivity contribution is 0.0903. The van der Waals surface area contributed by atoms with Gasteiger partial charge in [0.25, 0.3) is 0 Å². The average molecular weight is 260 g/mol. The maximum absolute atomic E-state index is 10.0. The molecule has 3 N–H and O–H groups in total. The summed E-state index contributed by atoms with van der Waals surface area (Å²) in [4.78, 5) is 0. The molecule has 104 valence electrons. The van der Waals surface area contributed by atoms with Crippen LogP contribution in [0.15, 0.2) is 18.2 Å². The molecule has 1 aromatic rings. The molecule has 1 fully saturated rings. The van der Waals surface area contributed by atoms with Gasteiger partial charge in [-0.25, -0.2) is 0 Å². The summed E-state index contributed by atoms with van der Waals surface area (Å²) in [5, 5.41) is 17.1. The molecule has 0 amide bonds. The molecule has 1 aliphatic carbocycles. The van der Waals surface area contributed by atoms with Crippen molar-refractivity contribution in [2.24, 2.45) is 0 Å². The smallest absolute Gasteiger partial charge is 0.0693 e. The molecule has 3 heteroatoms. The number of aliphatic hydroxyl groups is 1. The molecule has 0 aromatic heterocycles. The molecule has 0 saturated heterocycles. The number of para-hydroxylation sites is 1. The van der Waals surface area contributed by atoms with Crippen molar-refractivity contribution >= 4 is 5.69 Å². The molecule has 3 nitrogen and oxygen atoms in total. The van der Waals surface area contributed by atoms with E-state index >= 15 is 0 Å². The van der Waals surface area contributed by atoms with Gasteiger partial charge in [0.2, 0.25) is 0 Å². The molecule has 2 atom stereocenters. The summed E-state index contributed by atoms with van der Waals surface area (Å²) >= 11 is 0. The van der Waals surface area contributed by atoms with Gasteiger partial charge in [-0.15, -0.1) is 0 Å². The number of anilines is 1. The minimum Gasteiger partial charge on any atom is -0.392 e. The minimum absolute atomic E-state index is 0.166. The highest BCUT2D eigenvalue weighted by Gasteiger charge is 2.22. The quantitative estimate of drug-likeness (QED) is 0.782. The molecule has 3 rings (SSSR count). The standard InChI is InChI=1S/C16H24N2O/c19-15-9-2-1-8-14(15)18-11-13-6-3-5-12-7-4-10-17-16(12)13/h3,5-6,14-15,17-19H,1-2,4,7-11H2. The number of fused-ring (bicyclic) bond motifs is 1. The van der Waals surface area contributed by atoms with Crippen LogP contribution >= 0.6 is 0 Å². The van der Waals surface area contributed by atoms with E-state index in [-0.39, 0.29) is 12.1 Å². The number of aliphatic hydroxyl groups excluding tert-OH is 1. The Kier molecular flexibility index (Phi) is 4.04. The molecule has 2 unspecified atom stereocenters. The Hall–Kier alpha value is -1.06. The topological polar surface area (TPSA) is 44.3 Å². The van der Waals surface area contributed by atoms with Gasteiger partial charge in [-0.05, 0) is 36.8 Å². The number of rotatable bonds is 3. The Bertz CT molecular complexity index is 433. The van der Waals surface area contributed by atoms with Crippen LogP contribution in [0.3, 0.4) is 0 Å². The number of aryl methyl sites for hydroxylation is 1. The van der Waals surface area contributed by atoms with Gasteiger partial charge in [-0.2, -0.15) is 0 Å². The van der Waals surface area contributed by atoms with Crippen LogP contribution in [-0.4, -0.2) is 23.8 Å². The molecule has 19 heavy (non-hydrogen) atoms. The van der Waals surface area contributed by atoms with Crippen molar-refractivity contribution in [2.75, 3.05) is 11.9 Å². The lowest BCUT2D eigenvalue weighted by atomic mass is 9.92. The second kappa shape index (κ2) is 5.93. The number of nitrogens with one attached hydrogen (secondary N) is 2. The van der Waals surface area contributed by atoms with Crippen molar-refractivity contribution in [2.45, 2.75) is 57.2 Å². The molecule has 2 aliphatic rings. The van der Waals surface area contributed by atoms with Crippen molar-refractivity contribution < 1.29 is 5.11 Å². The third kappa shape index (κ3) is 2.93. The second-order valence-electron chi connectivity index (χ2n) is 5.82.